The van der Waals surface area contributed by atoms with Crippen molar-refractivity contribution >= 4 is 29.2 Å². The maximum absolute atomic E-state index is 14.9. The highest BCUT2D eigenvalue weighted by Crippen LogP contribution is 2.31. The number of rotatable bonds is 6. The summed E-state index contributed by atoms with van der Waals surface area (Å²) in [4.78, 5) is 46.4. The summed E-state index contributed by atoms with van der Waals surface area (Å²) in [6.07, 6.45) is 6.05. The summed E-state index contributed by atoms with van der Waals surface area (Å²) in [5, 5.41) is 5.45. The number of aromatic nitrogens is 2. The van der Waals surface area contributed by atoms with Crippen molar-refractivity contribution in [2.45, 2.75) is 12.8 Å². The van der Waals surface area contributed by atoms with E-state index in [1.54, 1.807) is 20.2 Å². The highest BCUT2D eigenvalue weighted by atomic mass is 19.1. The van der Waals surface area contributed by atoms with Gasteiger partial charge in [-0.25, -0.2) is 9.37 Å². The van der Waals surface area contributed by atoms with Gasteiger partial charge in [0.15, 0.2) is 0 Å². The fraction of sp³-hybridized carbons (Fsp3) is 0.208. The SMILES string of the molecule is CN(C)C(=O)c1ccc(-c2ccncc2NC(=O)c2ccnc(NC(=O)C3CC3)c2)c(F)c1. The molecule has 8 nitrogen and oxygen atoms in total. The average Bonchev–Trinajstić information content (AvgIpc) is 3.65. The van der Waals surface area contributed by atoms with Crippen molar-refractivity contribution in [3.63, 3.8) is 0 Å². The van der Waals surface area contributed by atoms with Gasteiger partial charge in [-0.3, -0.25) is 19.4 Å². The third-order valence-corrected chi connectivity index (χ3v) is 5.20. The van der Waals surface area contributed by atoms with Gasteiger partial charge in [0, 0.05) is 54.7 Å². The molecule has 2 heterocycles. The zero-order valence-corrected chi connectivity index (χ0v) is 18.1. The van der Waals surface area contributed by atoms with Gasteiger partial charge in [-0.15, -0.1) is 0 Å². The maximum atomic E-state index is 14.9. The lowest BCUT2D eigenvalue weighted by Gasteiger charge is -2.14. The molecular formula is C24H22FN5O3. The van der Waals surface area contributed by atoms with Gasteiger partial charge in [0.05, 0.1) is 11.9 Å². The molecule has 2 N–H and O–H groups in total. The largest absolute Gasteiger partial charge is 0.345 e. The number of benzene rings is 1. The first-order chi connectivity index (χ1) is 15.8. The summed E-state index contributed by atoms with van der Waals surface area (Å²) >= 11 is 0. The normalized spacial score (nSPS) is 12.7. The Hall–Kier alpha value is -4.14. The van der Waals surface area contributed by atoms with E-state index in [0.29, 0.717) is 11.3 Å². The molecule has 168 valence electrons. The van der Waals surface area contributed by atoms with Crippen LogP contribution in [0.1, 0.15) is 33.6 Å². The molecular weight excluding hydrogens is 425 g/mol. The molecule has 0 bridgehead atoms. The van der Waals surface area contributed by atoms with Crippen molar-refractivity contribution in [1.82, 2.24) is 14.9 Å². The number of carbonyl (C=O) groups is 3. The minimum absolute atomic E-state index is 0.0107. The molecule has 0 spiro atoms. The van der Waals surface area contributed by atoms with Gasteiger partial charge in [-0.2, -0.15) is 0 Å². The number of carbonyl (C=O) groups excluding carboxylic acids is 3. The van der Waals surface area contributed by atoms with Gasteiger partial charge in [0.2, 0.25) is 5.91 Å². The molecule has 1 aliphatic carbocycles. The van der Waals surface area contributed by atoms with Crippen molar-refractivity contribution in [2.75, 3.05) is 24.7 Å². The Morgan fingerprint density at radius 3 is 2.45 bits per heavy atom. The smallest absolute Gasteiger partial charge is 0.255 e. The van der Waals surface area contributed by atoms with Crippen molar-refractivity contribution in [3.05, 3.63) is 71.9 Å². The van der Waals surface area contributed by atoms with Gasteiger partial charge in [-0.05, 0) is 43.2 Å². The molecule has 0 unspecified atom stereocenters. The lowest BCUT2D eigenvalue weighted by atomic mass is 10.0. The number of hydrogen-bond donors (Lipinski definition) is 2. The van der Waals surface area contributed by atoms with E-state index in [1.807, 2.05) is 0 Å². The molecule has 3 amide bonds. The van der Waals surface area contributed by atoms with Crippen LogP contribution in [0.4, 0.5) is 15.9 Å². The molecule has 1 saturated carbocycles. The van der Waals surface area contributed by atoms with Crippen LogP contribution in [0, 0.1) is 11.7 Å². The highest BCUT2D eigenvalue weighted by Gasteiger charge is 2.29. The Bertz CT molecular complexity index is 1240. The fourth-order valence-electron chi connectivity index (χ4n) is 3.26. The molecule has 2 aromatic heterocycles. The monoisotopic (exact) mass is 447 g/mol. The molecule has 1 aromatic carbocycles. The number of nitrogens with one attached hydrogen (secondary N) is 2. The maximum Gasteiger partial charge on any atom is 0.255 e. The van der Waals surface area contributed by atoms with Crippen molar-refractivity contribution in [2.24, 2.45) is 5.92 Å². The predicted molar refractivity (Wildman–Crippen MR) is 121 cm³/mol. The number of halogens is 1. The average molecular weight is 447 g/mol. The molecule has 0 saturated heterocycles. The van der Waals surface area contributed by atoms with E-state index in [4.69, 9.17) is 0 Å². The van der Waals surface area contributed by atoms with E-state index in [2.05, 4.69) is 20.6 Å². The number of anilines is 2. The minimum atomic E-state index is -0.599. The molecule has 3 aromatic rings. The summed E-state index contributed by atoms with van der Waals surface area (Å²) < 4.78 is 14.9. The zero-order chi connectivity index (χ0) is 23.5. The quantitative estimate of drug-likeness (QED) is 0.601. The first kappa shape index (κ1) is 22.1. The van der Waals surface area contributed by atoms with Crippen LogP contribution in [0.5, 0.6) is 0 Å². The molecule has 1 aliphatic rings. The molecule has 0 radical (unpaired) electrons. The molecule has 0 atom stereocenters. The first-order valence-electron chi connectivity index (χ1n) is 10.4. The summed E-state index contributed by atoms with van der Waals surface area (Å²) in [5.74, 6) is -1.19. The van der Waals surface area contributed by atoms with Gasteiger partial charge < -0.3 is 15.5 Å². The van der Waals surface area contributed by atoms with Crippen LogP contribution < -0.4 is 10.6 Å². The van der Waals surface area contributed by atoms with Gasteiger partial charge in [-0.1, -0.05) is 6.07 Å². The highest BCUT2D eigenvalue weighted by molar-refractivity contribution is 6.07. The number of amides is 3. The third-order valence-electron chi connectivity index (χ3n) is 5.20. The molecule has 4 rings (SSSR count). The van der Waals surface area contributed by atoms with Crippen LogP contribution in [0.15, 0.2) is 55.0 Å². The van der Waals surface area contributed by atoms with Crippen LogP contribution in [0.25, 0.3) is 11.1 Å². The lowest BCUT2D eigenvalue weighted by molar-refractivity contribution is -0.117. The van der Waals surface area contributed by atoms with Crippen LogP contribution in [-0.2, 0) is 4.79 Å². The molecule has 1 fully saturated rings. The number of pyridine rings is 2. The zero-order valence-electron chi connectivity index (χ0n) is 18.1. The summed E-state index contributed by atoms with van der Waals surface area (Å²) in [5.41, 5.74) is 1.43. The van der Waals surface area contributed by atoms with Gasteiger partial charge in [0.1, 0.15) is 11.6 Å². The van der Waals surface area contributed by atoms with E-state index in [-0.39, 0.29) is 40.2 Å². The molecule has 9 heteroatoms. The van der Waals surface area contributed by atoms with E-state index in [1.165, 1.54) is 53.8 Å². The second-order valence-electron chi connectivity index (χ2n) is 7.96. The van der Waals surface area contributed by atoms with Gasteiger partial charge >= 0.3 is 0 Å². The Balaban J connectivity index is 1.56. The Morgan fingerprint density at radius 2 is 1.76 bits per heavy atom. The second kappa shape index (κ2) is 9.15. The number of nitrogens with zero attached hydrogens (tertiary/aromatic N) is 3. The van der Waals surface area contributed by atoms with E-state index >= 15 is 0 Å². The number of hydrogen-bond acceptors (Lipinski definition) is 5. The van der Waals surface area contributed by atoms with Crippen molar-refractivity contribution < 1.29 is 18.8 Å². The fourth-order valence-corrected chi connectivity index (χ4v) is 3.26. The van der Waals surface area contributed by atoms with Crippen LogP contribution in [-0.4, -0.2) is 46.7 Å². The lowest BCUT2D eigenvalue weighted by Crippen LogP contribution is -2.21. The Morgan fingerprint density at radius 1 is 0.970 bits per heavy atom. The standard InChI is InChI=1S/C24H22FN5O3/c1-30(2)24(33)16-5-6-17(19(25)11-16)18-8-9-26-13-20(18)28-23(32)15-7-10-27-21(12-15)29-22(31)14-3-4-14/h5-14H,3-4H2,1-2H3,(H,28,32)(H,27,29,31). The van der Waals surface area contributed by atoms with Crippen molar-refractivity contribution in [1.29, 1.82) is 0 Å². The summed E-state index contributed by atoms with van der Waals surface area (Å²) in [7, 11) is 3.18. The van der Waals surface area contributed by atoms with E-state index < -0.39 is 11.7 Å². The molecule has 33 heavy (non-hydrogen) atoms. The van der Waals surface area contributed by atoms with Gasteiger partial charge in [0.25, 0.3) is 11.8 Å². The third kappa shape index (κ3) is 5.03. The van der Waals surface area contributed by atoms with E-state index in [0.717, 1.165) is 12.8 Å². The topological polar surface area (TPSA) is 104 Å². The van der Waals surface area contributed by atoms with Crippen LogP contribution in [0.3, 0.4) is 0 Å². The van der Waals surface area contributed by atoms with E-state index in [9.17, 15) is 18.8 Å². The Kier molecular flexibility index (Phi) is 6.12. The summed E-state index contributed by atoms with van der Waals surface area (Å²) in [6.45, 7) is 0. The first-order valence-corrected chi connectivity index (χ1v) is 10.4. The molecule has 0 aliphatic heterocycles. The van der Waals surface area contributed by atoms with Crippen LogP contribution >= 0.6 is 0 Å². The van der Waals surface area contributed by atoms with Crippen molar-refractivity contribution in [3.8, 4) is 11.1 Å². The summed E-state index contributed by atoms with van der Waals surface area (Å²) in [6, 6.07) is 8.77. The minimum Gasteiger partial charge on any atom is -0.345 e. The van der Waals surface area contributed by atoms with Crippen LogP contribution in [0.2, 0.25) is 0 Å². The Labute approximate surface area is 189 Å². The predicted octanol–water partition coefficient (Wildman–Crippen LogP) is 3.59. The second-order valence-corrected chi connectivity index (χ2v) is 7.96.